The first kappa shape index (κ1) is 17.5. The van der Waals surface area contributed by atoms with Crippen molar-refractivity contribution >= 4 is 17.1 Å². The first-order valence-corrected chi connectivity index (χ1v) is 9.39. The molecule has 1 aliphatic carbocycles. The molecule has 4 rings (SSSR count). The first-order valence-electron chi connectivity index (χ1n) is 9.39. The third kappa shape index (κ3) is 3.15. The number of aromatic nitrogens is 5. The van der Waals surface area contributed by atoms with Gasteiger partial charge in [-0.2, -0.15) is 4.98 Å². The summed E-state index contributed by atoms with van der Waals surface area (Å²) in [6, 6.07) is 6.03. The number of rotatable bonds is 4. The van der Waals surface area contributed by atoms with Gasteiger partial charge < -0.3 is 5.32 Å². The fourth-order valence-corrected chi connectivity index (χ4v) is 3.79. The molecule has 0 bridgehead atoms. The largest absolute Gasteiger partial charge is 0.353 e. The Balaban J connectivity index is 1.88. The van der Waals surface area contributed by atoms with Crippen molar-refractivity contribution in [2.45, 2.75) is 44.7 Å². The highest BCUT2D eigenvalue weighted by atomic mass is 16.2. The molecule has 142 valence electrons. The van der Waals surface area contributed by atoms with Gasteiger partial charge in [-0.25, -0.2) is 4.79 Å². The average Bonchev–Trinajstić information content (AvgIpc) is 3.04. The van der Waals surface area contributed by atoms with Crippen LogP contribution in [-0.4, -0.2) is 29.7 Å². The van der Waals surface area contributed by atoms with E-state index in [0.29, 0.717) is 29.7 Å². The summed E-state index contributed by atoms with van der Waals surface area (Å²) in [6.07, 6.45) is 7.55. The second-order valence-electron chi connectivity index (χ2n) is 7.20. The molecule has 8 heteroatoms. The van der Waals surface area contributed by atoms with E-state index in [1.54, 1.807) is 13.2 Å². The van der Waals surface area contributed by atoms with E-state index in [0.717, 1.165) is 23.1 Å². The van der Waals surface area contributed by atoms with Crippen molar-refractivity contribution in [1.29, 1.82) is 0 Å². The van der Waals surface area contributed by atoms with Gasteiger partial charge in [0, 0.05) is 26.3 Å². The van der Waals surface area contributed by atoms with Crippen molar-refractivity contribution in [2.24, 2.45) is 14.1 Å². The van der Waals surface area contributed by atoms with Gasteiger partial charge in [-0.15, -0.1) is 0 Å². The SMILES string of the molecule is Cn1c(=O)c2c(nc(NC3CCCCC3)n2Cc2ccccn2)n(C)c1=O. The molecular weight excluding hydrogens is 344 g/mol. The number of hydrogen-bond donors (Lipinski definition) is 1. The quantitative estimate of drug-likeness (QED) is 0.756. The summed E-state index contributed by atoms with van der Waals surface area (Å²) in [5, 5.41) is 3.51. The van der Waals surface area contributed by atoms with Gasteiger partial charge in [-0.05, 0) is 25.0 Å². The third-order valence-electron chi connectivity index (χ3n) is 5.33. The summed E-state index contributed by atoms with van der Waals surface area (Å²) < 4.78 is 4.41. The lowest BCUT2D eigenvalue weighted by Gasteiger charge is -2.23. The summed E-state index contributed by atoms with van der Waals surface area (Å²) in [5.41, 5.74) is 0.938. The van der Waals surface area contributed by atoms with Gasteiger partial charge in [0.2, 0.25) is 5.95 Å². The molecule has 0 radical (unpaired) electrons. The van der Waals surface area contributed by atoms with E-state index in [-0.39, 0.29) is 11.2 Å². The molecule has 0 saturated heterocycles. The van der Waals surface area contributed by atoms with Crippen LogP contribution in [0, 0.1) is 0 Å². The lowest BCUT2D eigenvalue weighted by atomic mass is 9.96. The molecular formula is C19H24N6O2. The molecule has 3 aromatic rings. The van der Waals surface area contributed by atoms with E-state index in [2.05, 4.69) is 15.3 Å². The van der Waals surface area contributed by atoms with Gasteiger partial charge in [0.15, 0.2) is 11.2 Å². The minimum atomic E-state index is -0.376. The molecule has 0 unspecified atom stereocenters. The summed E-state index contributed by atoms with van der Waals surface area (Å²) >= 11 is 0. The minimum absolute atomic E-state index is 0.332. The topological polar surface area (TPSA) is 86.7 Å². The maximum atomic E-state index is 12.9. The Labute approximate surface area is 156 Å². The highest BCUT2D eigenvalue weighted by Gasteiger charge is 2.22. The number of pyridine rings is 1. The van der Waals surface area contributed by atoms with Crippen LogP contribution in [0.3, 0.4) is 0 Å². The molecule has 3 aromatic heterocycles. The molecule has 0 aromatic carbocycles. The smallest absolute Gasteiger partial charge is 0.332 e. The van der Waals surface area contributed by atoms with Crippen molar-refractivity contribution in [3.05, 3.63) is 50.9 Å². The molecule has 27 heavy (non-hydrogen) atoms. The van der Waals surface area contributed by atoms with E-state index in [9.17, 15) is 9.59 Å². The maximum Gasteiger partial charge on any atom is 0.332 e. The monoisotopic (exact) mass is 368 g/mol. The highest BCUT2D eigenvalue weighted by Crippen LogP contribution is 2.23. The Morgan fingerprint density at radius 1 is 1.11 bits per heavy atom. The first-order chi connectivity index (χ1) is 13.1. The lowest BCUT2D eigenvalue weighted by Crippen LogP contribution is -2.37. The van der Waals surface area contributed by atoms with Gasteiger partial charge in [-0.3, -0.25) is 23.5 Å². The molecule has 1 fully saturated rings. The Bertz CT molecular complexity index is 1070. The van der Waals surface area contributed by atoms with Crippen LogP contribution in [0.5, 0.6) is 0 Å². The molecule has 1 saturated carbocycles. The van der Waals surface area contributed by atoms with Crippen LogP contribution in [0.25, 0.3) is 11.2 Å². The Morgan fingerprint density at radius 2 is 1.89 bits per heavy atom. The molecule has 0 spiro atoms. The van der Waals surface area contributed by atoms with Gasteiger partial charge in [0.1, 0.15) is 0 Å². The summed E-state index contributed by atoms with van der Waals surface area (Å²) in [4.78, 5) is 34.2. The van der Waals surface area contributed by atoms with Crippen LogP contribution >= 0.6 is 0 Å². The zero-order valence-electron chi connectivity index (χ0n) is 15.7. The molecule has 0 amide bonds. The number of fused-ring (bicyclic) bond motifs is 1. The Kier molecular flexibility index (Phi) is 4.55. The fraction of sp³-hybridized carbons (Fsp3) is 0.474. The van der Waals surface area contributed by atoms with E-state index < -0.39 is 0 Å². The van der Waals surface area contributed by atoms with Crippen LogP contribution in [-0.2, 0) is 20.6 Å². The molecule has 1 aliphatic rings. The summed E-state index contributed by atoms with van der Waals surface area (Å²) in [7, 11) is 3.14. The number of aryl methyl sites for hydroxylation is 1. The molecule has 1 N–H and O–H groups in total. The van der Waals surface area contributed by atoms with Crippen molar-refractivity contribution in [3.63, 3.8) is 0 Å². The zero-order chi connectivity index (χ0) is 19.0. The number of nitrogens with one attached hydrogen (secondary N) is 1. The van der Waals surface area contributed by atoms with Crippen molar-refractivity contribution in [2.75, 3.05) is 5.32 Å². The maximum absolute atomic E-state index is 12.9. The average molecular weight is 368 g/mol. The van der Waals surface area contributed by atoms with Crippen LogP contribution in [0.1, 0.15) is 37.8 Å². The van der Waals surface area contributed by atoms with E-state index in [1.807, 2.05) is 22.8 Å². The predicted octanol–water partition coefficient (Wildman–Crippen LogP) is 1.62. The van der Waals surface area contributed by atoms with E-state index in [4.69, 9.17) is 0 Å². The van der Waals surface area contributed by atoms with Gasteiger partial charge in [-0.1, -0.05) is 25.3 Å². The third-order valence-corrected chi connectivity index (χ3v) is 5.33. The van der Waals surface area contributed by atoms with Crippen LogP contribution < -0.4 is 16.6 Å². The van der Waals surface area contributed by atoms with E-state index in [1.165, 1.54) is 30.9 Å². The van der Waals surface area contributed by atoms with E-state index >= 15 is 0 Å². The number of imidazole rings is 1. The van der Waals surface area contributed by atoms with Crippen LogP contribution in [0.15, 0.2) is 34.0 Å². The molecule has 8 nitrogen and oxygen atoms in total. The second kappa shape index (κ2) is 7.02. The lowest BCUT2D eigenvalue weighted by molar-refractivity contribution is 0.459. The van der Waals surface area contributed by atoms with Gasteiger partial charge >= 0.3 is 5.69 Å². The molecule has 3 heterocycles. The number of hydrogen-bond acceptors (Lipinski definition) is 5. The Hall–Kier alpha value is -2.90. The summed E-state index contributed by atoms with van der Waals surface area (Å²) in [5.74, 6) is 0.626. The number of anilines is 1. The van der Waals surface area contributed by atoms with Gasteiger partial charge in [0.25, 0.3) is 5.56 Å². The van der Waals surface area contributed by atoms with Crippen LogP contribution in [0.4, 0.5) is 5.95 Å². The molecule has 0 aliphatic heterocycles. The predicted molar refractivity (Wildman–Crippen MR) is 104 cm³/mol. The number of nitrogens with zero attached hydrogens (tertiary/aromatic N) is 5. The standard InChI is InChI=1S/C19H24N6O2/c1-23-16-15(17(26)24(2)19(23)27)25(12-14-10-6-7-11-20-14)18(22-16)21-13-8-4-3-5-9-13/h6-7,10-11,13H,3-5,8-9,12H2,1-2H3,(H,21,22). The summed E-state index contributed by atoms with van der Waals surface area (Å²) in [6.45, 7) is 0.417. The highest BCUT2D eigenvalue weighted by molar-refractivity contribution is 5.74. The Morgan fingerprint density at radius 3 is 2.59 bits per heavy atom. The van der Waals surface area contributed by atoms with Crippen molar-refractivity contribution in [1.82, 2.24) is 23.7 Å². The normalized spacial score (nSPS) is 15.3. The minimum Gasteiger partial charge on any atom is -0.353 e. The van der Waals surface area contributed by atoms with Gasteiger partial charge in [0.05, 0.1) is 12.2 Å². The molecule has 0 atom stereocenters. The fourth-order valence-electron chi connectivity index (χ4n) is 3.79. The van der Waals surface area contributed by atoms with Crippen LogP contribution in [0.2, 0.25) is 0 Å². The zero-order valence-corrected chi connectivity index (χ0v) is 15.7. The van der Waals surface area contributed by atoms with Crippen molar-refractivity contribution < 1.29 is 0 Å². The second-order valence-corrected chi connectivity index (χ2v) is 7.20. The van der Waals surface area contributed by atoms with Crippen molar-refractivity contribution in [3.8, 4) is 0 Å².